The highest BCUT2D eigenvalue weighted by atomic mass is 16.5. The molecule has 2 fully saturated rings. The van der Waals surface area contributed by atoms with Crippen LogP contribution in [0, 0.1) is 11.8 Å². The smallest absolute Gasteiger partial charge is 0.0465 e. The molecule has 1 saturated heterocycles. The van der Waals surface area contributed by atoms with E-state index in [4.69, 9.17) is 4.74 Å². The number of ether oxygens (including phenoxy) is 1. The molecule has 92 valence electrons. The second-order valence-corrected chi connectivity index (χ2v) is 5.50. The minimum Gasteiger partial charge on any atom is -0.385 e. The molecular formula is C15H21NO. The second kappa shape index (κ2) is 4.02. The zero-order valence-electron chi connectivity index (χ0n) is 10.7. The summed E-state index contributed by atoms with van der Waals surface area (Å²) in [5.41, 5.74) is 1.79. The third-order valence-electron chi connectivity index (χ3n) is 4.82. The molecule has 3 atom stereocenters. The van der Waals surface area contributed by atoms with Crippen molar-refractivity contribution in [1.82, 2.24) is 0 Å². The maximum absolute atomic E-state index is 5.23. The summed E-state index contributed by atoms with van der Waals surface area (Å²) in [5, 5.41) is 0. The zero-order valence-corrected chi connectivity index (χ0v) is 10.7. The van der Waals surface area contributed by atoms with Gasteiger partial charge in [0.2, 0.25) is 0 Å². The topological polar surface area (TPSA) is 12.5 Å². The first-order chi connectivity index (χ1) is 8.28. The number of methoxy groups -OCH3 is 1. The third kappa shape index (κ3) is 1.58. The normalized spacial score (nSPS) is 34.8. The molecule has 3 rings (SSSR count). The Morgan fingerprint density at radius 3 is 2.82 bits per heavy atom. The van der Waals surface area contributed by atoms with Crippen LogP contribution in [0.4, 0.5) is 5.69 Å². The fraction of sp³-hybridized carbons (Fsp3) is 0.600. The Balaban J connectivity index is 1.76. The Morgan fingerprint density at radius 1 is 1.35 bits per heavy atom. The maximum atomic E-state index is 5.23. The summed E-state index contributed by atoms with van der Waals surface area (Å²) in [5.74, 6) is 1.72. The van der Waals surface area contributed by atoms with E-state index in [2.05, 4.69) is 42.2 Å². The molecule has 1 aliphatic carbocycles. The molecule has 1 aliphatic heterocycles. The molecule has 1 heterocycles. The van der Waals surface area contributed by atoms with Crippen molar-refractivity contribution in [2.24, 2.45) is 11.8 Å². The van der Waals surface area contributed by atoms with Crippen molar-refractivity contribution < 1.29 is 4.74 Å². The molecule has 0 radical (unpaired) electrons. The minimum absolute atomic E-state index is 0.403. The average molecular weight is 231 g/mol. The summed E-state index contributed by atoms with van der Waals surface area (Å²) in [4.78, 5) is 2.61. The van der Waals surface area contributed by atoms with E-state index in [0.29, 0.717) is 5.54 Å². The van der Waals surface area contributed by atoms with Crippen molar-refractivity contribution in [2.75, 3.05) is 25.2 Å². The molecule has 0 aromatic heterocycles. The van der Waals surface area contributed by atoms with Gasteiger partial charge in [-0.3, -0.25) is 0 Å². The Hall–Kier alpha value is -1.02. The number of hydrogen-bond donors (Lipinski definition) is 0. The number of hydrogen-bond acceptors (Lipinski definition) is 2. The summed E-state index contributed by atoms with van der Waals surface area (Å²) in [6.07, 6.45) is 2.56. The fourth-order valence-electron chi connectivity index (χ4n) is 3.84. The molecule has 2 aliphatic rings. The minimum atomic E-state index is 0.403. The third-order valence-corrected chi connectivity index (χ3v) is 4.82. The summed E-state index contributed by atoms with van der Waals surface area (Å²) >= 11 is 0. The lowest BCUT2D eigenvalue weighted by Crippen LogP contribution is -2.34. The van der Waals surface area contributed by atoms with Gasteiger partial charge in [-0.1, -0.05) is 18.2 Å². The number of piperidine rings is 1. The number of benzene rings is 1. The van der Waals surface area contributed by atoms with Crippen LogP contribution < -0.4 is 4.90 Å². The first-order valence-corrected chi connectivity index (χ1v) is 6.60. The molecule has 0 N–H and O–H groups in total. The fourth-order valence-corrected chi connectivity index (χ4v) is 3.84. The first kappa shape index (κ1) is 11.1. The van der Waals surface area contributed by atoms with Gasteiger partial charge in [0.15, 0.2) is 0 Å². The first-order valence-electron chi connectivity index (χ1n) is 6.60. The highest BCUT2D eigenvalue weighted by Gasteiger charge is 2.66. The Bertz CT molecular complexity index is 391. The van der Waals surface area contributed by atoms with Crippen LogP contribution in [0.5, 0.6) is 0 Å². The van der Waals surface area contributed by atoms with Gasteiger partial charge in [-0.05, 0) is 43.7 Å². The Morgan fingerprint density at radius 2 is 2.12 bits per heavy atom. The van der Waals surface area contributed by atoms with Crippen LogP contribution in [0.15, 0.2) is 30.3 Å². The van der Waals surface area contributed by atoms with Crippen molar-refractivity contribution >= 4 is 5.69 Å². The number of rotatable bonds is 4. The molecule has 1 aromatic carbocycles. The van der Waals surface area contributed by atoms with Crippen molar-refractivity contribution in [2.45, 2.75) is 25.3 Å². The number of fused-ring (bicyclic) bond motifs is 1. The summed E-state index contributed by atoms with van der Waals surface area (Å²) in [6.45, 7) is 4.55. The van der Waals surface area contributed by atoms with Crippen LogP contribution in [0.1, 0.15) is 19.8 Å². The van der Waals surface area contributed by atoms with Gasteiger partial charge < -0.3 is 9.64 Å². The molecule has 0 amide bonds. The standard InChI is InChI=1S/C15H21NO/c1-15-13(14(15)9-11-17-2)8-10-16(15)12-6-4-3-5-7-12/h3-7,13-14H,8-11H2,1-2H3/t13-,14+,15-/m0/s1. The molecule has 2 heteroatoms. The Labute approximate surface area is 104 Å². The van der Waals surface area contributed by atoms with Gasteiger partial charge in [-0.25, -0.2) is 0 Å². The van der Waals surface area contributed by atoms with Gasteiger partial charge in [-0.15, -0.1) is 0 Å². The van der Waals surface area contributed by atoms with Gasteiger partial charge in [0, 0.05) is 31.5 Å². The second-order valence-electron chi connectivity index (χ2n) is 5.50. The van der Waals surface area contributed by atoms with E-state index < -0.39 is 0 Å². The van der Waals surface area contributed by atoms with E-state index in [1.165, 1.54) is 25.1 Å². The van der Waals surface area contributed by atoms with Gasteiger partial charge >= 0.3 is 0 Å². The van der Waals surface area contributed by atoms with Crippen molar-refractivity contribution in [3.05, 3.63) is 30.3 Å². The van der Waals surface area contributed by atoms with E-state index in [9.17, 15) is 0 Å². The van der Waals surface area contributed by atoms with Crippen LogP contribution in [-0.4, -0.2) is 25.8 Å². The van der Waals surface area contributed by atoms with Gasteiger partial charge in [0.25, 0.3) is 0 Å². The zero-order chi connectivity index (χ0) is 11.9. The molecule has 17 heavy (non-hydrogen) atoms. The summed E-state index contributed by atoms with van der Waals surface area (Å²) < 4.78 is 5.23. The van der Waals surface area contributed by atoms with Crippen LogP contribution in [0.2, 0.25) is 0 Å². The average Bonchev–Trinajstić information content (AvgIpc) is 2.76. The lowest BCUT2D eigenvalue weighted by atomic mass is 10.1. The van der Waals surface area contributed by atoms with Gasteiger partial charge in [0.1, 0.15) is 0 Å². The molecule has 0 bridgehead atoms. The lowest BCUT2D eigenvalue weighted by molar-refractivity contribution is 0.185. The number of anilines is 1. The van der Waals surface area contributed by atoms with Crippen molar-refractivity contribution in [3.63, 3.8) is 0 Å². The van der Waals surface area contributed by atoms with E-state index >= 15 is 0 Å². The van der Waals surface area contributed by atoms with E-state index in [-0.39, 0.29) is 0 Å². The van der Waals surface area contributed by atoms with E-state index in [1.54, 1.807) is 7.11 Å². The van der Waals surface area contributed by atoms with Crippen LogP contribution in [-0.2, 0) is 4.74 Å². The van der Waals surface area contributed by atoms with Gasteiger partial charge in [0.05, 0.1) is 0 Å². The molecule has 2 nitrogen and oxygen atoms in total. The largest absolute Gasteiger partial charge is 0.385 e. The highest BCUT2D eigenvalue weighted by molar-refractivity contribution is 5.54. The van der Waals surface area contributed by atoms with Crippen molar-refractivity contribution in [1.29, 1.82) is 0 Å². The number of para-hydroxylation sites is 1. The highest BCUT2D eigenvalue weighted by Crippen LogP contribution is 2.62. The molecule has 1 saturated carbocycles. The molecular weight excluding hydrogens is 210 g/mol. The van der Waals surface area contributed by atoms with Crippen LogP contribution in [0.25, 0.3) is 0 Å². The van der Waals surface area contributed by atoms with Gasteiger partial charge in [-0.2, -0.15) is 0 Å². The molecule has 1 aromatic rings. The number of nitrogens with zero attached hydrogens (tertiary/aromatic N) is 1. The predicted molar refractivity (Wildman–Crippen MR) is 70.3 cm³/mol. The quantitative estimate of drug-likeness (QED) is 0.790. The van der Waals surface area contributed by atoms with E-state index in [0.717, 1.165) is 18.4 Å². The van der Waals surface area contributed by atoms with Crippen molar-refractivity contribution in [3.8, 4) is 0 Å². The predicted octanol–water partition coefficient (Wildman–Crippen LogP) is 2.94. The lowest BCUT2D eigenvalue weighted by Gasteiger charge is -2.29. The molecule has 0 spiro atoms. The maximum Gasteiger partial charge on any atom is 0.0465 e. The van der Waals surface area contributed by atoms with Crippen LogP contribution >= 0.6 is 0 Å². The Kier molecular flexibility index (Phi) is 2.62. The SMILES string of the molecule is COCC[C@@H]1[C@@H]2CCN(c3ccccc3)[C@]12C. The van der Waals surface area contributed by atoms with Crippen LogP contribution in [0.3, 0.4) is 0 Å². The molecule has 0 unspecified atom stereocenters. The van der Waals surface area contributed by atoms with E-state index in [1.807, 2.05) is 0 Å². The summed E-state index contributed by atoms with van der Waals surface area (Å²) in [7, 11) is 1.80. The monoisotopic (exact) mass is 231 g/mol. The summed E-state index contributed by atoms with van der Waals surface area (Å²) in [6, 6.07) is 10.8.